The minimum atomic E-state index is -0.745. The molecule has 190 valence electrons. The van der Waals surface area contributed by atoms with Gasteiger partial charge in [-0.25, -0.2) is 0 Å². The summed E-state index contributed by atoms with van der Waals surface area (Å²) in [6.07, 6.45) is 2.18. The molecule has 1 atom stereocenters. The fourth-order valence-electron chi connectivity index (χ4n) is 3.76. The maximum absolute atomic E-state index is 13.6. The number of ether oxygens (including phenoxy) is 1. The van der Waals surface area contributed by atoms with E-state index in [0.717, 1.165) is 24.0 Å². The molecule has 0 heterocycles. The molecule has 0 bridgehead atoms. The number of aryl methyl sites for hydroxylation is 1. The van der Waals surface area contributed by atoms with Crippen LogP contribution in [0.5, 0.6) is 5.75 Å². The molecule has 0 radical (unpaired) electrons. The van der Waals surface area contributed by atoms with Gasteiger partial charge in [-0.05, 0) is 48.7 Å². The molecule has 0 spiro atoms. The van der Waals surface area contributed by atoms with Crippen molar-refractivity contribution in [1.29, 1.82) is 0 Å². The summed E-state index contributed by atoms with van der Waals surface area (Å²) < 4.78 is 5.79. The van der Waals surface area contributed by atoms with E-state index < -0.39 is 6.04 Å². The van der Waals surface area contributed by atoms with E-state index in [1.54, 1.807) is 23.1 Å². The minimum Gasteiger partial charge on any atom is -0.484 e. The number of hydrogen-bond acceptors (Lipinski definition) is 3. The molecule has 0 aliphatic carbocycles. The minimum absolute atomic E-state index is 0.144. The summed E-state index contributed by atoms with van der Waals surface area (Å²) in [4.78, 5) is 28.5. The molecule has 0 aliphatic heterocycles. The van der Waals surface area contributed by atoms with E-state index in [9.17, 15) is 9.59 Å². The van der Waals surface area contributed by atoms with Gasteiger partial charge in [-0.2, -0.15) is 0 Å². The van der Waals surface area contributed by atoms with Crippen LogP contribution in [0.1, 0.15) is 36.5 Å². The summed E-state index contributed by atoms with van der Waals surface area (Å²) in [6, 6.07) is 21.5. The van der Waals surface area contributed by atoms with Crippen molar-refractivity contribution in [3.63, 3.8) is 0 Å². The van der Waals surface area contributed by atoms with Crippen molar-refractivity contribution in [2.24, 2.45) is 0 Å². The van der Waals surface area contributed by atoms with Crippen molar-refractivity contribution in [1.82, 2.24) is 10.2 Å². The summed E-state index contributed by atoms with van der Waals surface area (Å²) in [7, 11) is 0. The van der Waals surface area contributed by atoms with Gasteiger partial charge in [-0.3, -0.25) is 9.59 Å². The van der Waals surface area contributed by atoms with Crippen molar-refractivity contribution < 1.29 is 14.3 Å². The van der Waals surface area contributed by atoms with Crippen LogP contribution in [0.15, 0.2) is 72.8 Å². The number of nitrogens with one attached hydrogen (secondary N) is 1. The highest BCUT2D eigenvalue weighted by molar-refractivity contribution is 6.35. The van der Waals surface area contributed by atoms with Gasteiger partial charge in [0.25, 0.3) is 5.91 Å². The van der Waals surface area contributed by atoms with Gasteiger partial charge in [-0.1, -0.05) is 90.6 Å². The molecule has 0 aliphatic rings. The largest absolute Gasteiger partial charge is 0.484 e. The highest BCUT2D eigenvalue weighted by atomic mass is 35.5. The van der Waals surface area contributed by atoms with Crippen LogP contribution >= 0.6 is 23.2 Å². The third-order valence-corrected chi connectivity index (χ3v) is 6.43. The summed E-state index contributed by atoms with van der Waals surface area (Å²) in [5.74, 6) is 0.0691. The third-order valence-electron chi connectivity index (χ3n) is 5.84. The maximum Gasteiger partial charge on any atom is 0.261 e. The quantitative estimate of drug-likeness (QED) is 0.284. The molecule has 0 unspecified atom stereocenters. The fourth-order valence-corrected chi connectivity index (χ4v) is 4.22. The molecular formula is C29H32Cl2N2O3. The smallest absolute Gasteiger partial charge is 0.261 e. The van der Waals surface area contributed by atoms with E-state index in [4.69, 9.17) is 27.9 Å². The number of unbranched alkanes of at least 4 members (excludes halogenated alkanes) is 1. The van der Waals surface area contributed by atoms with Gasteiger partial charge in [0.2, 0.25) is 5.91 Å². The van der Waals surface area contributed by atoms with Crippen LogP contribution in [0.25, 0.3) is 0 Å². The Labute approximate surface area is 223 Å². The van der Waals surface area contributed by atoms with Gasteiger partial charge >= 0.3 is 0 Å². The zero-order valence-electron chi connectivity index (χ0n) is 20.7. The predicted molar refractivity (Wildman–Crippen MR) is 146 cm³/mol. The summed E-state index contributed by atoms with van der Waals surface area (Å²) in [5.41, 5.74) is 2.75. The Morgan fingerprint density at radius 1 is 1.00 bits per heavy atom. The Bertz CT molecular complexity index is 1140. The van der Waals surface area contributed by atoms with Gasteiger partial charge in [0, 0.05) is 29.6 Å². The second kappa shape index (κ2) is 13.9. The van der Waals surface area contributed by atoms with Crippen molar-refractivity contribution in [3.8, 4) is 5.75 Å². The molecule has 0 fully saturated rings. The Morgan fingerprint density at radius 2 is 1.72 bits per heavy atom. The lowest BCUT2D eigenvalue weighted by Gasteiger charge is -2.31. The van der Waals surface area contributed by atoms with Gasteiger partial charge in [-0.15, -0.1) is 0 Å². The standard InChI is InChI=1S/C29H32Cl2N2O3/c1-3-4-16-32-29(35)27(17-22-8-6-5-7-9-22)33(19-23-12-13-24(30)18-26(23)31)28(34)20-36-25-14-10-21(2)11-15-25/h5-15,18,27H,3-4,16-17,19-20H2,1-2H3,(H,32,35)/t27-/m1/s1. The summed E-state index contributed by atoms with van der Waals surface area (Å²) in [6.45, 7) is 4.53. The molecule has 0 saturated carbocycles. The number of rotatable bonds is 12. The third kappa shape index (κ3) is 8.28. The van der Waals surface area contributed by atoms with Crippen molar-refractivity contribution in [3.05, 3.63) is 99.5 Å². The molecule has 36 heavy (non-hydrogen) atoms. The van der Waals surface area contributed by atoms with E-state index in [2.05, 4.69) is 12.2 Å². The topological polar surface area (TPSA) is 58.6 Å². The number of carbonyl (C=O) groups is 2. The van der Waals surface area contributed by atoms with Crippen LogP contribution in [0, 0.1) is 6.92 Å². The molecule has 1 N–H and O–H groups in total. The van der Waals surface area contributed by atoms with Gasteiger partial charge in [0.05, 0.1) is 0 Å². The lowest BCUT2D eigenvalue weighted by Crippen LogP contribution is -2.51. The Kier molecular flexibility index (Phi) is 10.6. The van der Waals surface area contributed by atoms with Crippen molar-refractivity contribution in [2.45, 2.75) is 45.7 Å². The van der Waals surface area contributed by atoms with Gasteiger partial charge in [0.1, 0.15) is 11.8 Å². The Morgan fingerprint density at radius 3 is 2.39 bits per heavy atom. The van der Waals surface area contributed by atoms with Gasteiger partial charge < -0.3 is 15.0 Å². The van der Waals surface area contributed by atoms with E-state index in [1.807, 2.05) is 61.5 Å². The molecule has 0 saturated heterocycles. The number of amides is 2. The summed E-state index contributed by atoms with van der Waals surface area (Å²) >= 11 is 12.5. The molecular weight excluding hydrogens is 495 g/mol. The van der Waals surface area contributed by atoms with Crippen LogP contribution in [0.3, 0.4) is 0 Å². The van der Waals surface area contributed by atoms with Crippen molar-refractivity contribution >= 4 is 35.0 Å². The highest BCUT2D eigenvalue weighted by Gasteiger charge is 2.31. The second-order valence-corrected chi connectivity index (χ2v) is 9.55. The molecule has 3 aromatic carbocycles. The molecule has 0 aromatic heterocycles. The predicted octanol–water partition coefficient (Wildman–Crippen LogP) is 6.24. The molecule has 5 nitrogen and oxygen atoms in total. The SMILES string of the molecule is CCCCNC(=O)[C@@H](Cc1ccccc1)N(Cc1ccc(Cl)cc1Cl)C(=O)COc1ccc(C)cc1. The normalized spacial score (nSPS) is 11.6. The van der Waals surface area contributed by atoms with E-state index >= 15 is 0 Å². The van der Waals surface area contributed by atoms with Crippen LogP contribution in [-0.2, 0) is 22.6 Å². The number of halogens is 2. The monoisotopic (exact) mass is 526 g/mol. The van der Waals surface area contributed by atoms with Gasteiger partial charge in [0.15, 0.2) is 6.61 Å². The average Bonchev–Trinajstić information content (AvgIpc) is 2.87. The number of carbonyl (C=O) groups excluding carboxylic acids is 2. The van der Waals surface area contributed by atoms with Crippen LogP contribution in [0.2, 0.25) is 10.0 Å². The van der Waals surface area contributed by atoms with Crippen LogP contribution < -0.4 is 10.1 Å². The van der Waals surface area contributed by atoms with E-state index in [1.165, 1.54) is 0 Å². The first kappa shape index (κ1) is 27.6. The second-order valence-electron chi connectivity index (χ2n) is 8.71. The Balaban J connectivity index is 1.90. The van der Waals surface area contributed by atoms with Crippen LogP contribution in [-0.4, -0.2) is 35.9 Å². The first-order valence-electron chi connectivity index (χ1n) is 12.1. The zero-order chi connectivity index (χ0) is 25.9. The van der Waals surface area contributed by atoms with E-state index in [-0.39, 0.29) is 25.0 Å². The first-order valence-corrected chi connectivity index (χ1v) is 12.9. The lowest BCUT2D eigenvalue weighted by molar-refractivity contribution is -0.142. The zero-order valence-corrected chi connectivity index (χ0v) is 22.2. The molecule has 7 heteroatoms. The number of benzene rings is 3. The van der Waals surface area contributed by atoms with Crippen LogP contribution in [0.4, 0.5) is 0 Å². The number of nitrogens with zero attached hydrogens (tertiary/aromatic N) is 1. The summed E-state index contributed by atoms with van der Waals surface area (Å²) in [5, 5.41) is 3.94. The first-order chi connectivity index (χ1) is 17.4. The maximum atomic E-state index is 13.6. The average molecular weight is 527 g/mol. The molecule has 3 aromatic rings. The van der Waals surface area contributed by atoms with Crippen molar-refractivity contribution in [2.75, 3.05) is 13.2 Å². The Hall–Kier alpha value is -3.02. The molecule has 2 amide bonds. The number of hydrogen-bond donors (Lipinski definition) is 1. The van der Waals surface area contributed by atoms with E-state index in [0.29, 0.717) is 34.3 Å². The highest BCUT2D eigenvalue weighted by Crippen LogP contribution is 2.24. The fraction of sp³-hybridized carbons (Fsp3) is 0.310. The lowest BCUT2D eigenvalue weighted by atomic mass is 10.0. The molecule has 3 rings (SSSR count).